The first-order valence-electron chi connectivity index (χ1n) is 15.6. The highest BCUT2D eigenvalue weighted by molar-refractivity contribution is 5.73. The Labute approximate surface area is 223 Å². The summed E-state index contributed by atoms with van der Waals surface area (Å²) in [6.07, 6.45) is 30.8. The molecule has 1 rings (SSSR count). The smallest absolute Gasteiger partial charge is 0.311 e. The summed E-state index contributed by atoms with van der Waals surface area (Å²) in [4.78, 5) is 12.1. The number of aromatic hydroxyl groups is 1. The Morgan fingerprint density at radius 1 is 0.639 bits per heavy atom. The number of aryl methyl sites for hydroxylation is 2. The van der Waals surface area contributed by atoms with Crippen LogP contribution in [0.3, 0.4) is 0 Å². The van der Waals surface area contributed by atoms with Crippen molar-refractivity contribution in [2.24, 2.45) is 0 Å². The van der Waals surface area contributed by atoms with Crippen molar-refractivity contribution in [3.63, 3.8) is 0 Å². The Morgan fingerprint density at radius 3 is 1.36 bits per heavy atom. The van der Waals surface area contributed by atoms with Crippen molar-refractivity contribution >= 4 is 5.97 Å². The molecule has 4 heteroatoms. The van der Waals surface area contributed by atoms with Crippen LogP contribution >= 0.6 is 0 Å². The summed E-state index contributed by atoms with van der Waals surface area (Å²) in [5.74, 6) is 0.813. The minimum absolute atomic E-state index is 0.0470. The number of hydrogen-bond acceptors (Lipinski definition) is 4. The third-order valence-electron chi connectivity index (χ3n) is 7.35. The quantitative estimate of drug-likeness (QED) is 0.106. The zero-order chi connectivity index (χ0) is 26.3. The normalized spacial score (nSPS) is 11.3. The highest BCUT2D eigenvalue weighted by Gasteiger charge is 2.20. The van der Waals surface area contributed by atoms with Crippen LogP contribution in [0.1, 0.15) is 173 Å². The summed E-state index contributed by atoms with van der Waals surface area (Å²) in [5, 5.41) is 9.98. The van der Waals surface area contributed by atoms with Crippen LogP contribution in [-0.2, 0) is 11.2 Å². The number of carbonyl (C=O) groups excluding carboxylic acids is 1. The van der Waals surface area contributed by atoms with Crippen LogP contribution in [0, 0.1) is 6.92 Å². The van der Waals surface area contributed by atoms with Gasteiger partial charge in [0, 0.05) is 12.8 Å². The second-order valence-electron chi connectivity index (χ2n) is 10.8. The summed E-state index contributed by atoms with van der Waals surface area (Å²) in [5.41, 5.74) is 0. The standard InChI is InChI=1S/C32H58O4/c1-4-6-7-8-9-10-11-12-13-14-15-16-17-18-19-20-21-22-23-24-25-26-27-30(33)36-32-29(5-2)35-28(3)31(32)34/h34H,4-27H2,1-3H3. The van der Waals surface area contributed by atoms with Crippen molar-refractivity contribution in [1.82, 2.24) is 0 Å². The molecule has 0 unspecified atom stereocenters. The van der Waals surface area contributed by atoms with Crippen LogP contribution in [0.15, 0.2) is 4.42 Å². The molecule has 0 atom stereocenters. The van der Waals surface area contributed by atoms with Crippen molar-refractivity contribution < 1.29 is 19.1 Å². The Kier molecular flexibility index (Phi) is 20.6. The molecule has 4 nitrogen and oxygen atoms in total. The van der Waals surface area contributed by atoms with Crippen molar-refractivity contribution in [3.8, 4) is 11.5 Å². The van der Waals surface area contributed by atoms with E-state index < -0.39 is 0 Å². The molecule has 1 aromatic rings. The van der Waals surface area contributed by atoms with E-state index in [1.807, 2.05) is 6.92 Å². The van der Waals surface area contributed by atoms with E-state index in [1.54, 1.807) is 6.92 Å². The van der Waals surface area contributed by atoms with E-state index in [9.17, 15) is 9.90 Å². The molecule has 1 N–H and O–H groups in total. The van der Waals surface area contributed by atoms with Crippen LogP contribution in [0.5, 0.6) is 11.5 Å². The lowest BCUT2D eigenvalue weighted by Gasteiger charge is -2.05. The van der Waals surface area contributed by atoms with E-state index in [0.717, 1.165) is 12.8 Å². The van der Waals surface area contributed by atoms with E-state index in [4.69, 9.17) is 9.15 Å². The van der Waals surface area contributed by atoms with Crippen molar-refractivity contribution in [2.45, 2.75) is 175 Å². The van der Waals surface area contributed by atoms with Crippen molar-refractivity contribution in [2.75, 3.05) is 0 Å². The molecule has 0 aromatic carbocycles. The van der Waals surface area contributed by atoms with E-state index >= 15 is 0 Å². The first kappa shape index (κ1) is 32.6. The zero-order valence-electron chi connectivity index (χ0n) is 24.1. The monoisotopic (exact) mass is 506 g/mol. The SMILES string of the molecule is CCCCCCCCCCCCCCCCCCCCCCCCC(=O)Oc1c(CC)oc(C)c1O. The van der Waals surface area contributed by atoms with E-state index in [1.165, 1.54) is 128 Å². The van der Waals surface area contributed by atoms with Gasteiger partial charge in [0.2, 0.25) is 11.5 Å². The van der Waals surface area contributed by atoms with Crippen LogP contribution in [-0.4, -0.2) is 11.1 Å². The lowest BCUT2D eigenvalue weighted by molar-refractivity contribution is -0.134. The average Bonchev–Trinajstić information content (AvgIpc) is 3.14. The maximum atomic E-state index is 12.1. The van der Waals surface area contributed by atoms with Crippen molar-refractivity contribution in [1.29, 1.82) is 0 Å². The number of carbonyl (C=O) groups is 1. The summed E-state index contributed by atoms with van der Waals surface area (Å²) in [6, 6.07) is 0. The van der Waals surface area contributed by atoms with E-state index in [2.05, 4.69) is 6.92 Å². The first-order chi connectivity index (χ1) is 17.6. The molecular formula is C32H58O4. The van der Waals surface area contributed by atoms with Gasteiger partial charge in [0.15, 0.2) is 5.76 Å². The van der Waals surface area contributed by atoms with Gasteiger partial charge in [-0.05, 0) is 13.3 Å². The molecule has 0 fully saturated rings. The first-order valence-corrected chi connectivity index (χ1v) is 15.6. The number of ether oxygens (including phenoxy) is 1. The fraction of sp³-hybridized carbons (Fsp3) is 0.844. The van der Waals surface area contributed by atoms with E-state index in [0.29, 0.717) is 24.4 Å². The third kappa shape index (κ3) is 16.3. The summed E-state index contributed by atoms with van der Waals surface area (Å²) in [7, 11) is 0. The predicted molar refractivity (Wildman–Crippen MR) is 152 cm³/mol. The maximum absolute atomic E-state index is 12.1. The van der Waals surface area contributed by atoms with Crippen LogP contribution in [0.2, 0.25) is 0 Å². The Morgan fingerprint density at radius 2 is 1.00 bits per heavy atom. The number of esters is 1. The van der Waals surface area contributed by atoms with Gasteiger partial charge in [-0.2, -0.15) is 0 Å². The molecular weight excluding hydrogens is 448 g/mol. The molecule has 0 radical (unpaired) electrons. The van der Waals surface area contributed by atoms with E-state index in [-0.39, 0.29) is 17.5 Å². The molecule has 0 aliphatic carbocycles. The predicted octanol–water partition coefficient (Wildman–Crippen LogP) is 10.8. The largest absolute Gasteiger partial charge is 0.502 e. The summed E-state index contributed by atoms with van der Waals surface area (Å²) < 4.78 is 10.8. The fourth-order valence-electron chi connectivity index (χ4n) is 4.95. The van der Waals surface area contributed by atoms with Gasteiger partial charge < -0.3 is 14.3 Å². The highest BCUT2D eigenvalue weighted by Crippen LogP contribution is 2.37. The molecule has 1 aromatic heterocycles. The number of furan rings is 1. The van der Waals surface area contributed by atoms with Crippen LogP contribution < -0.4 is 4.74 Å². The number of rotatable bonds is 25. The van der Waals surface area contributed by atoms with Gasteiger partial charge in [-0.3, -0.25) is 4.79 Å². The van der Waals surface area contributed by atoms with Crippen LogP contribution in [0.25, 0.3) is 0 Å². The van der Waals surface area contributed by atoms with Gasteiger partial charge in [-0.15, -0.1) is 0 Å². The second kappa shape index (κ2) is 22.7. The topological polar surface area (TPSA) is 59.7 Å². The maximum Gasteiger partial charge on any atom is 0.311 e. The van der Waals surface area contributed by atoms with Crippen molar-refractivity contribution in [3.05, 3.63) is 11.5 Å². The minimum Gasteiger partial charge on any atom is -0.502 e. The molecule has 210 valence electrons. The fourth-order valence-corrected chi connectivity index (χ4v) is 4.95. The Hall–Kier alpha value is -1.45. The van der Waals surface area contributed by atoms with Gasteiger partial charge in [0.1, 0.15) is 5.76 Å². The van der Waals surface area contributed by atoms with Gasteiger partial charge in [-0.1, -0.05) is 149 Å². The van der Waals surface area contributed by atoms with Gasteiger partial charge in [0.25, 0.3) is 0 Å². The molecule has 0 saturated carbocycles. The lowest BCUT2D eigenvalue weighted by atomic mass is 10.0. The van der Waals surface area contributed by atoms with Crippen LogP contribution in [0.4, 0.5) is 0 Å². The molecule has 36 heavy (non-hydrogen) atoms. The molecule has 0 spiro atoms. The van der Waals surface area contributed by atoms with Gasteiger partial charge in [-0.25, -0.2) is 0 Å². The molecule has 0 bridgehead atoms. The minimum atomic E-state index is -0.283. The highest BCUT2D eigenvalue weighted by atomic mass is 16.6. The Balaban J connectivity index is 1.79. The summed E-state index contributed by atoms with van der Waals surface area (Å²) >= 11 is 0. The average molecular weight is 507 g/mol. The lowest BCUT2D eigenvalue weighted by Crippen LogP contribution is -2.08. The molecule has 1 heterocycles. The Bertz CT molecular complexity index is 649. The third-order valence-corrected chi connectivity index (χ3v) is 7.35. The number of hydrogen-bond donors (Lipinski definition) is 1. The molecule has 0 aliphatic heterocycles. The summed E-state index contributed by atoms with van der Waals surface area (Å²) in [6.45, 7) is 5.87. The molecule has 0 saturated heterocycles. The molecule has 0 aliphatic rings. The van der Waals surface area contributed by atoms with Gasteiger partial charge in [0.05, 0.1) is 0 Å². The number of unbranched alkanes of at least 4 members (excludes halogenated alkanes) is 21. The zero-order valence-corrected chi connectivity index (χ0v) is 24.1. The second-order valence-corrected chi connectivity index (χ2v) is 10.8. The molecule has 0 amide bonds. The van der Waals surface area contributed by atoms with Gasteiger partial charge >= 0.3 is 5.97 Å².